The summed E-state index contributed by atoms with van der Waals surface area (Å²) in [4.78, 5) is 57.8. The highest BCUT2D eigenvalue weighted by atomic mass is 35.5. The Morgan fingerprint density at radius 2 is 1.53 bits per heavy atom. The summed E-state index contributed by atoms with van der Waals surface area (Å²) >= 11 is 12.2. The number of rotatable bonds is 8. The number of non-ortho nitro benzene ring substituents is 2. The van der Waals surface area contributed by atoms with Gasteiger partial charge in [0.15, 0.2) is 5.84 Å². The Hall–Kier alpha value is -5.97. The average Bonchev–Trinajstić information content (AvgIpc) is 3.37. The molecule has 15 nitrogen and oxygen atoms in total. The number of amides is 1. The van der Waals surface area contributed by atoms with Crippen molar-refractivity contribution in [1.82, 2.24) is 9.66 Å². The number of nitro benzene ring substituents is 2. The molecule has 2 heterocycles. The van der Waals surface area contributed by atoms with Crippen molar-refractivity contribution < 1.29 is 23.1 Å². The molecule has 1 N–H and O–H groups in total. The molecule has 1 aliphatic rings. The zero-order valence-corrected chi connectivity index (χ0v) is 27.1. The van der Waals surface area contributed by atoms with E-state index in [0.717, 1.165) is 27.9 Å². The minimum atomic E-state index is -4.49. The van der Waals surface area contributed by atoms with Crippen LogP contribution < -0.4 is 15.3 Å². The molecule has 5 aromatic rings. The first-order valence-electron chi connectivity index (χ1n) is 13.9. The number of nitrogens with zero attached hydrogens (tertiary/aromatic N) is 6. The maximum Gasteiger partial charge on any atom is 0.297 e. The lowest BCUT2D eigenvalue weighted by molar-refractivity contribution is -0.385. The molecular formula is C31H19Cl2N7O8S. The number of halogens is 2. The van der Waals surface area contributed by atoms with Crippen LogP contribution in [0.25, 0.3) is 17.0 Å². The molecule has 1 aliphatic heterocycles. The summed E-state index contributed by atoms with van der Waals surface area (Å²) in [6.07, 6.45) is 1.35. The van der Waals surface area contributed by atoms with Gasteiger partial charge in [0.05, 0.1) is 41.4 Å². The maximum atomic E-state index is 14.1. The van der Waals surface area contributed by atoms with Gasteiger partial charge < -0.3 is 0 Å². The Balaban J connectivity index is 1.46. The highest BCUT2D eigenvalue weighted by Crippen LogP contribution is 2.36. The predicted molar refractivity (Wildman–Crippen MR) is 182 cm³/mol. The molecule has 0 radical (unpaired) electrons. The maximum absolute atomic E-state index is 14.1. The molecule has 1 amide bonds. The number of amidine groups is 1. The second-order valence-corrected chi connectivity index (χ2v) is 12.9. The van der Waals surface area contributed by atoms with E-state index in [1.165, 1.54) is 43.3 Å². The third-order valence-corrected chi connectivity index (χ3v) is 9.16. The van der Waals surface area contributed by atoms with Gasteiger partial charge in [-0.25, -0.2) is 18.4 Å². The van der Waals surface area contributed by atoms with E-state index in [1.807, 2.05) is 0 Å². The summed E-state index contributed by atoms with van der Waals surface area (Å²) in [6, 6.07) is 19.4. The van der Waals surface area contributed by atoms with Crippen molar-refractivity contribution >= 4 is 79.0 Å². The number of hydrogen-bond donors (Lipinski definition) is 1. The van der Waals surface area contributed by atoms with E-state index >= 15 is 0 Å². The van der Waals surface area contributed by atoms with Gasteiger partial charge in [0.25, 0.3) is 32.9 Å². The lowest BCUT2D eigenvalue weighted by atomic mass is 10.1. The molecule has 6 rings (SSSR count). The van der Waals surface area contributed by atoms with Gasteiger partial charge >= 0.3 is 0 Å². The van der Waals surface area contributed by atoms with Gasteiger partial charge in [-0.2, -0.15) is 9.69 Å². The van der Waals surface area contributed by atoms with Crippen LogP contribution in [0.5, 0.6) is 0 Å². The monoisotopic (exact) mass is 719 g/mol. The van der Waals surface area contributed by atoms with Crippen LogP contribution in [0.3, 0.4) is 0 Å². The fourth-order valence-corrected chi connectivity index (χ4v) is 6.79. The Kier molecular flexibility index (Phi) is 8.45. The third kappa shape index (κ3) is 6.22. The topological polar surface area (TPSA) is 200 Å². The number of sulfonamides is 1. The van der Waals surface area contributed by atoms with Crippen LogP contribution in [0.15, 0.2) is 105 Å². The van der Waals surface area contributed by atoms with Crippen molar-refractivity contribution in [3.8, 4) is 0 Å². The van der Waals surface area contributed by atoms with Crippen LogP contribution in [-0.4, -0.2) is 39.7 Å². The first-order valence-corrected chi connectivity index (χ1v) is 16.1. The van der Waals surface area contributed by atoms with E-state index in [0.29, 0.717) is 11.1 Å². The number of carbonyl (C=O) groups is 1. The van der Waals surface area contributed by atoms with Crippen LogP contribution in [0, 0.1) is 27.2 Å². The number of aliphatic imine (C=N–C) groups is 1. The lowest BCUT2D eigenvalue weighted by Crippen LogP contribution is -2.49. The standard InChI is InChI=1S/C31H19Cl2N7O8S/c1-17-34-26-11-10-22(49(47,48)36-28-24(32)14-21(40(45)46)15-25(28)33)16-23(26)30(41)37(17)38-29(19-7-3-2-4-8-19)35-27(31(38)42)13-18-6-5-9-20(12-18)39(43)44/h2-16,36H,1H3/b27-13-. The lowest BCUT2D eigenvalue weighted by Gasteiger charge is -2.22. The van der Waals surface area contributed by atoms with Crippen molar-refractivity contribution in [2.45, 2.75) is 11.8 Å². The van der Waals surface area contributed by atoms with Gasteiger partial charge in [0, 0.05) is 29.8 Å². The van der Waals surface area contributed by atoms with Gasteiger partial charge in [-0.1, -0.05) is 65.7 Å². The van der Waals surface area contributed by atoms with E-state index < -0.39 is 41.9 Å². The third-order valence-electron chi connectivity index (χ3n) is 7.22. The highest BCUT2D eigenvalue weighted by molar-refractivity contribution is 7.92. The number of nitro groups is 2. The fourth-order valence-electron chi connectivity index (χ4n) is 4.98. The highest BCUT2D eigenvalue weighted by Gasteiger charge is 2.35. The molecule has 4 aromatic carbocycles. The molecule has 18 heteroatoms. The molecular weight excluding hydrogens is 701 g/mol. The summed E-state index contributed by atoms with van der Waals surface area (Å²) in [5.74, 6) is -0.657. The van der Waals surface area contributed by atoms with Crippen molar-refractivity contribution in [2.24, 2.45) is 4.99 Å². The van der Waals surface area contributed by atoms with Crippen molar-refractivity contribution in [1.29, 1.82) is 0 Å². The molecule has 0 bridgehead atoms. The molecule has 49 heavy (non-hydrogen) atoms. The second-order valence-electron chi connectivity index (χ2n) is 10.4. The largest absolute Gasteiger partial charge is 0.297 e. The summed E-state index contributed by atoms with van der Waals surface area (Å²) in [7, 11) is -4.49. The minimum Gasteiger partial charge on any atom is -0.277 e. The van der Waals surface area contributed by atoms with E-state index in [2.05, 4.69) is 14.7 Å². The Morgan fingerprint density at radius 1 is 0.857 bits per heavy atom. The van der Waals surface area contributed by atoms with Crippen LogP contribution in [0.4, 0.5) is 17.1 Å². The molecule has 0 aliphatic carbocycles. The van der Waals surface area contributed by atoms with Crippen molar-refractivity contribution in [3.05, 3.63) is 148 Å². The van der Waals surface area contributed by atoms with E-state index in [9.17, 15) is 38.2 Å². The summed E-state index contributed by atoms with van der Waals surface area (Å²) < 4.78 is 30.0. The van der Waals surface area contributed by atoms with E-state index in [-0.39, 0.29) is 49.7 Å². The Labute approximate surface area is 285 Å². The molecule has 0 atom stereocenters. The first-order chi connectivity index (χ1) is 23.2. The van der Waals surface area contributed by atoms with Gasteiger partial charge in [-0.15, -0.1) is 0 Å². The molecule has 0 unspecified atom stereocenters. The quantitative estimate of drug-likeness (QED) is 0.120. The van der Waals surface area contributed by atoms with Gasteiger partial charge in [-0.3, -0.25) is 34.5 Å². The smallest absolute Gasteiger partial charge is 0.277 e. The zero-order chi connectivity index (χ0) is 35.2. The molecule has 0 spiro atoms. The average molecular weight is 721 g/mol. The SMILES string of the molecule is Cc1nc2ccc(S(=O)(=O)Nc3c(Cl)cc([N+](=O)[O-])cc3Cl)cc2c(=O)n1N1C(=O)/C(=C/c2cccc([N+](=O)[O-])c2)N=C1c1ccccc1. The van der Waals surface area contributed by atoms with Gasteiger partial charge in [0.2, 0.25) is 0 Å². The van der Waals surface area contributed by atoms with Crippen LogP contribution >= 0.6 is 23.2 Å². The summed E-state index contributed by atoms with van der Waals surface area (Å²) in [5.41, 5.74) is -1.06. The molecule has 0 saturated heterocycles. The molecule has 1 aromatic heterocycles. The number of anilines is 1. The number of nitrogens with one attached hydrogen (secondary N) is 1. The minimum absolute atomic E-state index is 0.0431. The van der Waals surface area contributed by atoms with E-state index in [4.69, 9.17) is 23.2 Å². The van der Waals surface area contributed by atoms with Gasteiger partial charge in [-0.05, 0) is 36.8 Å². The fraction of sp³-hybridized carbons (Fsp3) is 0.0323. The second kappa shape index (κ2) is 12.6. The summed E-state index contributed by atoms with van der Waals surface area (Å²) in [5, 5.41) is 22.6. The first kappa shape index (κ1) is 33.0. The van der Waals surface area contributed by atoms with Crippen molar-refractivity contribution in [2.75, 3.05) is 9.73 Å². The van der Waals surface area contributed by atoms with Crippen LogP contribution in [-0.2, 0) is 14.8 Å². The number of aryl methyl sites for hydroxylation is 1. The van der Waals surface area contributed by atoms with Gasteiger partial charge in [0.1, 0.15) is 11.5 Å². The number of aromatic nitrogens is 2. The molecule has 246 valence electrons. The normalized spacial score (nSPS) is 13.9. The molecule has 0 saturated carbocycles. The van der Waals surface area contributed by atoms with Crippen LogP contribution in [0.1, 0.15) is 17.0 Å². The number of hydrogen-bond acceptors (Lipinski definition) is 10. The van der Waals surface area contributed by atoms with E-state index in [1.54, 1.807) is 36.4 Å². The summed E-state index contributed by atoms with van der Waals surface area (Å²) in [6.45, 7) is 1.48. The molecule has 0 fully saturated rings. The Morgan fingerprint density at radius 3 is 2.18 bits per heavy atom. The number of benzene rings is 4. The predicted octanol–water partition coefficient (Wildman–Crippen LogP) is 5.60. The number of carbonyl (C=O) groups excluding carboxylic acids is 1. The van der Waals surface area contributed by atoms with Crippen LogP contribution in [0.2, 0.25) is 10.0 Å². The van der Waals surface area contributed by atoms with Crippen molar-refractivity contribution in [3.63, 3.8) is 0 Å². The number of fused-ring (bicyclic) bond motifs is 1. The Bertz CT molecular complexity index is 2460. The zero-order valence-electron chi connectivity index (χ0n) is 24.8.